The van der Waals surface area contributed by atoms with E-state index in [4.69, 9.17) is 9.84 Å². The second-order valence-electron chi connectivity index (χ2n) is 4.19. The molecule has 0 unspecified atom stereocenters. The quantitative estimate of drug-likeness (QED) is 0.772. The number of aliphatic hydroxyl groups is 1. The summed E-state index contributed by atoms with van der Waals surface area (Å²) in [4.78, 5) is 11.6. The van der Waals surface area contributed by atoms with Gasteiger partial charge in [0.25, 0.3) is 0 Å². The van der Waals surface area contributed by atoms with Crippen molar-refractivity contribution >= 4 is 5.91 Å². The molecule has 18 heavy (non-hydrogen) atoms. The normalized spacial score (nSPS) is 11.9. The number of amides is 1. The van der Waals surface area contributed by atoms with Gasteiger partial charge in [0.1, 0.15) is 5.75 Å². The first kappa shape index (κ1) is 14.5. The molecular formula is C14H21NO3. The van der Waals surface area contributed by atoms with Crippen LogP contribution in [0.3, 0.4) is 0 Å². The van der Waals surface area contributed by atoms with E-state index in [2.05, 4.69) is 5.32 Å². The van der Waals surface area contributed by atoms with Gasteiger partial charge in [-0.3, -0.25) is 4.79 Å². The molecule has 1 amide bonds. The van der Waals surface area contributed by atoms with Crippen LogP contribution in [-0.2, 0) is 11.2 Å². The van der Waals surface area contributed by atoms with Gasteiger partial charge in [-0.2, -0.15) is 0 Å². The Morgan fingerprint density at radius 3 is 2.83 bits per heavy atom. The largest absolute Gasteiger partial charge is 0.494 e. The number of benzene rings is 1. The first-order valence-corrected chi connectivity index (χ1v) is 6.28. The molecule has 0 aliphatic rings. The van der Waals surface area contributed by atoms with Crippen LogP contribution in [0.15, 0.2) is 24.3 Å². The van der Waals surface area contributed by atoms with E-state index in [1.54, 1.807) is 6.92 Å². The maximum absolute atomic E-state index is 11.6. The zero-order chi connectivity index (χ0) is 13.4. The van der Waals surface area contributed by atoms with Crippen LogP contribution in [0.2, 0.25) is 0 Å². The number of nitrogens with one attached hydrogen (secondary N) is 1. The van der Waals surface area contributed by atoms with Gasteiger partial charge in [-0.15, -0.1) is 0 Å². The lowest BCUT2D eigenvalue weighted by Gasteiger charge is -2.12. The minimum atomic E-state index is -0.195. The van der Waals surface area contributed by atoms with E-state index < -0.39 is 0 Å². The molecule has 0 aliphatic heterocycles. The number of rotatable bonds is 7. The lowest BCUT2D eigenvalue weighted by Crippen LogP contribution is -2.35. The second-order valence-corrected chi connectivity index (χ2v) is 4.19. The molecule has 0 bridgehead atoms. The fourth-order valence-electron chi connectivity index (χ4n) is 1.65. The van der Waals surface area contributed by atoms with Gasteiger partial charge in [0.2, 0.25) is 5.91 Å². The Kier molecular flexibility index (Phi) is 6.22. The molecule has 100 valence electrons. The summed E-state index contributed by atoms with van der Waals surface area (Å²) in [6, 6.07) is 7.54. The maximum Gasteiger partial charge on any atom is 0.220 e. The van der Waals surface area contributed by atoms with Crippen LogP contribution >= 0.6 is 0 Å². The average Bonchev–Trinajstić information content (AvgIpc) is 2.38. The standard InChI is InChI=1S/C14H21NO3/c1-3-18-13-7-5-4-6-12(13)8-9-14(17)15-11(2)10-16/h4-7,11,16H,3,8-10H2,1-2H3,(H,15,17)/t11-/m1/s1. The van der Waals surface area contributed by atoms with Gasteiger partial charge in [0.05, 0.1) is 13.2 Å². The fraction of sp³-hybridized carbons (Fsp3) is 0.500. The molecule has 4 heteroatoms. The van der Waals surface area contributed by atoms with E-state index >= 15 is 0 Å². The molecule has 4 nitrogen and oxygen atoms in total. The van der Waals surface area contributed by atoms with Gasteiger partial charge in [-0.05, 0) is 31.9 Å². The molecule has 0 fully saturated rings. The van der Waals surface area contributed by atoms with Gasteiger partial charge in [-0.1, -0.05) is 18.2 Å². The average molecular weight is 251 g/mol. The minimum Gasteiger partial charge on any atom is -0.494 e. The highest BCUT2D eigenvalue weighted by molar-refractivity contribution is 5.76. The van der Waals surface area contributed by atoms with Gasteiger partial charge in [0.15, 0.2) is 0 Å². The van der Waals surface area contributed by atoms with Crippen molar-refractivity contribution in [2.45, 2.75) is 32.7 Å². The second kappa shape index (κ2) is 7.71. The van der Waals surface area contributed by atoms with Crippen LogP contribution < -0.4 is 10.1 Å². The Morgan fingerprint density at radius 2 is 2.17 bits per heavy atom. The Balaban J connectivity index is 2.50. The van der Waals surface area contributed by atoms with Crippen molar-refractivity contribution in [2.24, 2.45) is 0 Å². The van der Waals surface area contributed by atoms with E-state index in [0.717, 1.165) is 11.3 Å². The Bertz CT molecular complexity index is 379. The molecule has 0 saturated heterocycles. The topological polar surface area (TPSA) is 58.6 Å². The summed E-state index contributed by atoms with van der Waals surface area (Å²) in [5.74, 6) is 0.783. The van der Waals surface area contributed by atoms with E-state index in [1.165, 1.54) is 0 Å². The Hall–Kier alpha value is -1.55. The third kappa shape index (κ3) is 4.75. The summed E-state index contributed by atoms with van der Waals surface area (Å²) < 4.78 is 5.50. The molecule has 1 aromatic rings. The molecule has 1 aromatic carbocycles. The predicted octanol–water partition coefficient (Wildman–Crippen LogP) is 1.51. The first-order chi connectivity index (χ1) is 8.67. The van der Waals surface area contributed by atoms with Crippen LogP contribution in [0.5, 0.6) is 5.75 Å². The number of ether oxygens (including phenoxy) is 1. The SMILES string of the molecule is CCOc1ccccc1CCC(=O)N[C@H](C)CO. The maximum atomic E-state index is 11.6. The summed E-state index contributed by atoms with van der Waals surface area (Å²) >= 11 is 0. The van der Waals surface area contributed by atoms with Crippen molar-refractivity contribution in [3.63, 3.8) is 0 Å². The minimum absolute atomic E-state index is 0.0404. The zero-order valence-electron chi connectivity index (χ0n) is 11.0. The summed E-state index contributed by atoms with van der Waals surface area (Å²) in [5, 5.41) is 11.6. The van der Waals surface area contributed by atoms with E-state index in [0.29, 0.717) is 19.4 Å². The van der Waals surface area contributed by atoms with Crippen molar-refractivity contribution < 1.29 is 14.6 Å². The molecule has 0 aliphatic carbocycles. The Morgan fingerprint density at radius 1 is 1.44 bits per heavy atom. The molecular weight excluding hydrogens is 230 g/mol. The third-order valence-corrected chi connectivity index (χ3v) is 2.58. The molecule has 2 N–H and O–H groups in total. The van der Waals surface area contributed by atoms with E-state index in [9.17, 15) is 4.79 Å². The van der Waals surface area contributed by atoms with Crippen LogP contribution in [0, 0.1) is 0 Å². The molecule has 0 saturated carbocycles. The molecule has 0 spiro atoms. The Labute approximate surface area is 108 Å². The van der Waals surface area contributed by atoms with Gasteiger partial charge >= 0.3 is 0 Å². The number of aliphatic hydroxyl groups excluding tert-OH is 1. The molecule has 0 aromatic heterocycles. The van der Waals surface area contributed by atoms with Crippen LogP contribution in [0.1, 0.15) is 25.8 Å². The lowest BCUT2D eigenvalue weighted by molar-refractivity contribution is -0.121. The number of carbonyl (C=O) groups excluding carboxylic acids is 1. The van der Waals surface area contributed by atoms with Crippen molar-refractivity contribution in [1.82, 2.24) is 5.32 Å². The predicted molar refractivity (Wildman–Crippen MR) is 70.6 cm³/mol. The summed E-state index contributed by atoms with van der Waals surface area (Å²) in [5.41, 5.74) is 1.03. The van der Waals surface area contributed by atoms with Crippen LogP contribution in [0.25, 0.3) is 0 Å². The fourth-order valence-corrected chi connectivity index (χ4v) is 1.65. The molecule has 1 atom stereocenters. The highest BCUT2D eigenvalue weighted by Gasteiger charge is 2.08. The highest BCUT2D eigenvalue weighted by Crippen LogP contribution is 2.19. The van der Waals surface area contributed by atoms with Crippen molar-refractivity contribution in [1.29, 1.82) is 0 Å². The van der Waals surface area contributed by atoms with Gasteiger partial charge in [0, 0.05) is 12.5 Å². The summed E-state index contributed by atoms with van der Waals surface area (Å²) in [6.07, 6.45) is 1.04. The van der Waals surface area contributed by atoms with Crippen molar-refractivity contribution in [2.75, 3.05) is 13.2 Å². The number of hydrogen-bond donors (Lipinski definition) is 2. The van der Waals surface area contributed by atoms with Crippen molar-refractivity contribution in [3.05, 3.63) is 29.8 Å². The summed E-state index contributed by atoms with van der Waals surface area (Å²) in [7, 11) is 0. The van der Waals surface area contributed by atoms with Crippen molar-refractivity contribution in [3.8, 4) is 5.75 Å². The van der Waals surface area contributed by atoms with E-state index in [1.807, 2.05) is 31.2 Å². The molecule has 0 heterocycles. The monoisotopic (exact) mass is 251 g/mol. The molecule has 0 radical (unpaired) electrons. The number of carbonyl (C=O) groups is 1. The van der Waals surface area contributed by atoms with Gasteiger partial charge in [-0.25, -0.2) is 0 Å². The van der Waals surface area contributed by atoms with Crippen LogP contribution in [-0.4, -0.2) is 30.3 Å². The number of aryl methyl sites for hydroxylation is 1. The number of hydrogen-bond acceptors (Lipinski definition) is 3. The first-order valence-electron chi connectivity index (χ1n) is 6.28. The molecule has 1 rings (SSSR count). The van der Waals surface area contributed by atoms with E-state index in [-0.39, 0.29) is 18.6 Å². The highest BCUT2D eigenvalue weighted by atomic mass is 16.5. The third-order valence-electron chi connectivity index (χ3n) is 2.58. The van der Waals surface area contributed by atoms with Crippen LogP contribution in [0.4, 0.5) is 0 Å². The zero-order valence-corrected chi connectivity index (χ0v) is 11.0. The number of para-hydroxylation sites is 1. The smallest absolute Gasteiger partial charge is 0.220 e. The lowest BCUT2D eigenvalue weighted by atomic mass is 10.1. The van der Waals surface area contributed by atoms with Gasteiger partial charge < -0.3 is 15.2 Å². The summed E-state index contributed by atoms with van der Waals surface area (Å²) in [6.45, 7) is 4.28.